The number of benzene rings is 1. The van der Waals surface area contributed by atoms with Gasteiger partial charge in [-0.25, -0.2) is 0 Å². The van der Waals surface area contributed by atoms with Crippen LogP contribution in [0, 0.1) is 0 Å². The topological polar surface area (TPSA) is 51.2 Å². The van der Waals surface area contributed by atoms with Crippen molar-refractivity contribution in [3.8, 4) is 0 Å². The van der Waals surface area contributed by atoms with E-state index < -0.39 is 0 Å². The molecule has 1 aromatic carbocycles. The van der Waals surface area contributed by atoms with E-state index in [2.05, 4.69) is 0 Å². The molecule has 0 aliphatic rings. The average Bonchev–Trinajstić information content (AvgIpc) is 2.19. The van der Waals surface area contributed by atoms with Crippen LogP contribution in [-0.4, -0.2) is 18.9 Å². The van der Waals surface area contributed by atoms with Gasteiger partial charge in [0.15, 0.2) is 0 Å². The van der Waals surface area contributed by atoms with Gasteiger partial charge < -0.3 is 14.4 Å². The third-order valence-corrected chi connectivity index (χ3v) is 2.07. The van der Waals surface area contributed by atoms with Crippen LogP contribution in [0.25, 0.3) is 0 Å². The number of rotatable bonds is 6. The van der Waals surface area contributed by atoms with Crippen molar-refractivity contribution in [2.75, 3.05) is 0 Å². The Bertz CT molecular complexity index is 300. The lowest BCUT2D eigenvalue weighted by molar-refractivity contribution is -0.108. The molecule has 3 heteroatoms. The highest BCUT2D eigenvalue weighted by Crippen LogP contribution is 2.11. The quantitative estimate of drug-likeness (QED) is 0.647. The molecular weight excluding hydrogens is 192 g/mol. The SMILES string of the molecule is O=CCc1cc(CC=O)cc(CC=O)c1. The second-order valence-electron chi connectivity index (χ2n) is 3.27. The molecule has 0 N–H and O–H groups in total. The largest absolute Gasteiger partial charge is 0.303 e. The Kier molecular flexibility index (Phi) is 4.41. The molecule has 0 heterocycles. The lowest BCUT2D eigenvalue weighted by Gasteiger charge is -2.04. The summed E-state index contributed by atoms with van der Waals surface area (Å²) in [7, 11) is 0. The number of hydrogen-bond acceptors (Lipinski definition) is 3. The Labute approximate surface area is 88.1 Å². The lowest BCUT2D eigenvalue weighted by atomic mass is 10.0. The highest BCUT2D eigenvalue weighted by Gasteiger charge is 2.00. The van der Waals surface area contributed by atoms with Gasteiger partial charge in [-0.1, -0.05) is 18.2 Å². The van der Waals surface area contributed by atoms with E-state index >= 15 is 0 Å². The fourth-order valence-corrected chi connectivity index (χ4v) is 1.48. The molecule has 0 aliphatic carbocycles. The average molecular weight is 204 g/mol. The van der Waals surface area contributed by atoms with E-state index in [0.29, 0.717) is 19.3 Å². The summed E-state index contributed by atoms with van der Waals surface area (Å²) in [5, 5.41) is 0. The van der Waals surface area contributed by atoms with Gasteiger partial charge in [0.1, 0.15) is 18.9 Å². The molecular formula is C12H12O3. The first-order valence-electron chi connectivity index (χ1n) is 4.72. The van der Waals surface area contributed by atoms with E-state index in [9.17, 15) is 14.4 Å². The Balaban J connectivity index is 3.00. The van der Waals surface area contributed by atoms with Crippen LogP contribution in [0.3, 0.4) is 0 Å². The molecule has 0 bridgehead atoms. The highest BCUT2D eigenvalue weighted by atomic mass is 16.1. The number of aldehydes is 3. The van der Waals surface area contributed by atoms with Gasteiger partial charge in [0, 0.05) is 19.3 Å². The molecule has 0 saturated heterocycles. The molecule has 1 rings (SSSR count). The molecule has 0 fully saturated rings. The Hall–Kier alpha value is -1.77. The number of carbonyl (C=O) groups excluding carboxylic acids is 3. The standard InChI is InChI=1S/C12H12O3/c13-4-1-10-7-11(2-5-14)9-12(8-10)3-6-15/h4-9H,1-3H2. The third kappa shape index (κ3) is 3.46. The molecule has 0 spiro atoms. The fourth-order valence-electron chi connectivity index (χ4n) is 1.48. The Morgan fingerprint density at radius 1 is 0.667 bits per heavy atom. The smallest absolute Gasteiger partial charge is 0.124 e. The lowest BCUT2D eigenvalue weighted by Crippen LogP contribution is -1.96. The number of carbonyl (C=O) groups is 3. The van der Waals surface area contributed by atoms with Crippen molar-refractivity contribution in [1.82, 2.24) is 0 Å². The minimum Gasteiger partial charge on any atom is -0.303 e. The van der Waals surface area contributed by atoms with Gasteiger partial charge in [0.05, 0.1) is 0 Å². The maximum Gasteiger partial charge on any atom is 0.124 e. The van der Waals surface area contributed by atoms with Crippen molar-refractivity contribution < 1.29 is 14.4 Å². The van der Waals surface area contributed by atoms with Gasteiger partial charge >= 0.3 is 0 Å². The zero-order valence-electron chi connectivity index (χ0n) is 8.31. The molecule has 15 heavy (non-hydrogen) atoms. The van der Waals surface area contributed by atoms with E-state index in [4.69, 9.17) is 0 Å². The third-order valence-electron chi connectivity index (χ3n) is 2.07. The first kappa shape index (κ1) is 11.3. The molecule has 0 radical (unpaired) electrons. The van der Waals surface area contributed by atoms with E-state index in [1.165, 1.54) is 0 Å². The van der Waals surface area contributed by atoms with Gasteiger partial charge in [0.25, 0.3) is 0 Å². The summed E-state index contributed by atoms with van der Waals surface area (Å²) >= 11 is 0. The van der Waals surface area contributed by atoms with E-state index in [-0.39, 0.29) is 0 Å². The molecule has 0 amide bonds. The summed E-state index contributed by atoms with van der Waals surface area (Å²) in [5.74, 6) is 0. The van der Waals surface area contributed by atoms with Gasteiger partial charge in [-0.3, -0.25) is 0 Å². The monoisotopic (exact) mass is 204 g/mol. The van der Waals surface area contributed by atoms with Crippen molar-refractivity contribution in [3.05, 3.63) is 34.9 Å². The minimum atomic E-state index is 0.318. The minimum absolute atomic E-state index is 0.318. The van der Waals surface area contributed by atoms with E-state index in [1.807, 2.05) is 18.2 Å². The maximum atomic E-state index is 10.4. The molecule has 1 aromatic rings. The number of hydrogen-bond donors (Lipinski definition) is 0. The first-order valence-corrected chi connectivity index (χ1v) is 4.72. The van der Waals surface area contributed by atoms with Gasteiger partial charge in [-0.05, 0) is 16.7 Å². The van der Waals surface area contributed by atoms with Gasteiger partial charge in [-0.15, -0.1) is 0 Å². The molecule has 78 valence electrons. The predicted molar refractivity (Wildman–Crippen MR) is 55.7 cm³/mol. The van der Waals surface area contributed by atoms with Crippen molar-refractivity contribution in [3.63, 3.8) is 0 Å². The first-order chi connectivity index (χ1) is 7.30. The zero-order chi connectivity index (χ0) is 11.1. The van der Waals surface area contributed by atoms with Crippen molar-refractivity contribution >= 4 is 18.9 Å². The summed E-state index contributed by atoms with van der Waals surface area (Å²) in [4.78, 5) is 31.1. The molecule has 0 unspecified atom stereocenters. The van der Waals surface area contributed by atoms with Crippen LogP contribution < -0.4 is 0 Å². The van der Waals surface area contributed by atoms with E-state index in [0.717, 1.165) is 35.5 Å². The Morgan fingerprint density at radius 2 is 0.933 bits per heavy atom. The molecule has 0 aromatic heterocycles. The van der Waals surface area contributed by atoms with Crippen LogP contribution in [0.4, 0.5) is 0 Å². The normalized spacial score (nSPS) is 9.60. The second kappa shape index (κ2) is 5.86. The molecule has 0 aliphatic heterocycles. The van der Waals surface area contributed by atoms with Crippen molar-refractivity contribution in [2.24, 2.45) is 0 Å². The summed E-state index contributed by atoms with van der Waals surface area (Å²) in [6.45, 7) is 0. The summed E-state index contributed by atoms with van der Waals surface area (Å²) < 4.78 is 0. The van der Waals surface area contributed by atoms with Crippen LogP contribution in [0.15, 0.2) is 18.2 Å². The summed E-state index contributed by atoms with van der Waals surface area (Å²) in [6.07, 6.45) is 3.38. The van der Waals surface area contributed by atoms with Gasteiger partial charge in [-0.2, -0.15) is 0 Å². The fraction of sp³-hybridized carbons (Fsp3) is 0.250. The Morgan fingerprint density at radius 3 is 1.13 bits per heavy atom. The van der Waals surface area contributed by atoms with Crippen LogP contribution in [0.1, 0.15) is 16.7 Å². The molecule has 3 nitrogen and oxygen atoms in total. The summed E-state index contributed by atoms with van der Waals surface area (Å²) in [6, 6.07) is 5.45. The van der Waals surface area contributed by atoms with Crippen LogP contribution in [0.2, 0.25) is 0 Å². The summed E-state index contributed by atoms with van der Waals surface area (Å²) in [5.41, 5.74) is 2.55. The maximum absolute atomic E-state index is 10.4. The zero-order valence-corrected chi connectivity index (χ0v) is 8.31. The van der Waals surface area contributed by atoms with Crippen LogP contribution in [-0.2, 0) is 33.6 Å². The molecule has 0 atom stereocenters. The van der Waals surface area contributed by atoms with Crippen LogP contribution >= 0.6 is 0 Å². The van der Waals surface area contributed by atoms with E-state index in [1.54, 1.807) is 0 Å². The second-order valence-corrected chi connectivity index (χ2v) is 3.27. The van der Waals surface area contributed by atoms with Gasteiger partial charge in [0.2, 0.25) is 0 Å². The van der Waals surface area contributed by atoms with Crippen LogP contribution in [0.5, 0.6) is 0 Å². The van der Waals surface area contributed by atoms with Crippen molar-refractivity contribution in [2.45, 2.75) is 19.3 Å². The molecule has 0 saturated carbocycles. The highest BCUT2D eigenvalue weighted by molar-refractivity contribution is 5.61. The van der Waals surface area contributed by atoms with Crippen molar-refractivity contribution in [1.29, 1.82) is 0 Å². The predicted octanol–water partition coefficient (Wildman–Crippen LogP) is 0.911.